The Balaban J connectivity index is 1.38. The standard InChI is InChI=1S/C25H25N5O/c1-15-6-22(28-21-5-3-2-4-20(15)21)30-23(19(13-26)14-27-30)29-24(31)25-10-16-7-17(11-25)9-18(8-16)12-25/h2-6,14,16-18H,7-12H2,1H3,(H,29,31). The Hall–Kier alpha value is -3.20. The summed E-state index contributed by atoms with van der Waals surface area (Å²) in [6.07, 6.45) is 8.31. The third-order valence-corrected chi connectivity index (χ3v) is 7.77. The number of anilines is 1. The molecule has 0 aliphatic heterocycles. The number of nitriles is 1. The molecule has 0 radical (unpaired) electrons. The summed E-state index contributed by atoms with van der Waals surface area (Å²) in [6, 6.07) is 12.1. The molecule has 4 bridgehead atoms. The summed E-state index contributed by atoms with van der Waals surface area (Å²) in [5.41, 5.74) is 2.02. The first-order valence-corrected chi connectivity index (χ1v) is 11.2. The Labute approximate surface area is 181 Å². The molecule has 4 aliphatic rings. The van der Waals surface area contributed by atoms with E-state index < -0.39 is 0 Å². The summed E-state index contributed by atoms with van der Waals surface area (Å²) in [5.74, 6) is 3.15. The van der Waals surface area contributed by atoms with Gasteiger partial charge in [0.1, 0.15) is 11.6 Å². The maximum atomic E-state index is 13.6. The van der Waals surface area contributed by atoms with Crippen LogP contribution in [0, 0.1) is 41.4 Å². The number of aryl methyl sites for hydroxylation is 1. The second-order valence-electron chi connectivity index (χ2n) is 9.90. The van der Waals surface area contributed by atoms with Crippen LogP contribution in [-0.4, -0.2) is 20.7 Å². The molecule has 2 heterocycles. The van der Waals surface area contributed by atoms with Gasteiger partial charge in [-0.05, 0) is 80.9 Å². The number of amides is 1. The van der Waals surface area contributed by atoms with Gasteiger partial charge in [-0.2, -0.15) is 15.0 Å². The topological polar surface area (TPSA) is 83.6 Å². The maximum absolute atomic E-state index is 13.6. The second kappa shape index (κ2) is 6.65. The van der Waals surface area contributed by atoms with Gasteiger partial charge in [-0.3, -0.25) is 4.79 Å². The molecular weight excluding hydrogens is 386 g/mol. The lowest BCUT2D eigenvalue weighted by Crippen LogP contribution is -2.52. The number of pyridine rings is 1. The van der Waals surface area contributed by atoms with E-state index in [2.05, 4.69) is 16.5 Å². The number of nitrogens with one attached hydrogen (secondary N) is 1. The molecule has 0 saturated heterocycles. The monoisotopic (exact) mass is 411 g/mol. The lowest BCUT2D eigenvalue weighted by molar-refractivity contribution is -0.140. The quantitative estimate of drug-likeness (QED) is 0.674. The van der Waals surface area contributed by atoms with Crippen molar-refractivity contribution in [1.82, 2.24) is 14.8 Å². The minimum Gasteiger partial charge on any atom is -0.309 e. The lowest BCUT2D eigenvalue weighted by atomic mass is 9.49. The molecule has 4 aliphatic carbocycles. The van der Waals surface area contributed by atoms with Gasteiger partial charge in [0.15, 0.2) is 11.6 Å². The van der Waals surface area contributed by atoms with E-state index in [4.69, 9.17) is 4.98 Å². The lowest BCUT2D eigenvalue weighted by Gasteiger charge is -2.55. The predicted octanol–water partition coefficient (Wildman–Crippen LogP) is 4.76. The van der Waals surface area contributed by atoms with Crippen molar-refractivity contribution in [3.05, 3.63) is 47.7 Å². The van der Waals surface area contributed by atoms with Crippen LogP contribution in [0.25, 0.3) is 16.7 Å². The number of carbonyl (C=O) groups is 1. The molecule has 0 atom stereocenters. The molecule has 0 spiro atoms. The molecule has 4 fully saturated rings. The number of rotatable bonds is 3. The Morgan fingerprint density at radius 1 is 1.16 bits per heavy atom. The number of fused-ring (bicyclic) bond motifs is 1. The molecule has 6 heteroatoms. The van der Waals surface area contributed by atoms with Gasteiger partial charge in [0.25, 0.3) is 0 Å². The summed E-state index contributed by atoms with van der Waals surface area (Å²) in [4.78, 5) is 18.4. The van der Waals surface area contributed by atoms with Crippen LogP contribution < -0.4 is 5.32 Å². The summed E-state index contributed by atoms with van der Waals surface area (Å²) < 4.78 is 1.61. The van der Waals surface area contributed by atoms with Crippen molar-refractivity contribution in [2.75, 3.05) is 5.32 Å². The third-order valence-electron chi connectivity index (χ3n) is 7.77. The molecule has 1 amide bonds. The van der Waals surface area contributed by atoms with Gasteiger partial charge in [0, 0.05) is 5.39 Å². The fourth-order valence-corrected chi connectivity index (χ4v) is 6.79. The summed E-state index contributed by atoms with van der Waals surface area (Å²) in [7, 11) is 0. The van der Waals surface area contributed by atoms with Crippen molar-refractivity contribution in [2.45, 2.75) is 45.4 Å². The van der Waals surface area contributed by atoms with Crippen LogP contribution in [0.15, 0.2) is 36.5 Å². The zero-order valence-electron chi connectivity index (χ0n) is 17.6. The van der Waals surface area contributed by atoms with Gasteiger partial charge in [-0.25, -0.2) is 4.98 Å². The highest BCUT2D eigenvalue weighted by molar-refractivity contribution is 5.96. The first-order chi connectivity index (χ1) is 15.0. The van der Waals surface area contributed by atoms with E-state index in [9.17, 15) is 10.1 Å². The number of carbonyl (C=O) groups excluding carboxylic acids is 1. The van der Waals surface area contributed by atoms with E-state index in [-0.39, 0.29) is 11.3 Å². The molecule has 31 heavy (non-hydrogen) atoms. The zero-order valence-corrected chi connectivity index (χ0v) is 17.6. The Morgan fingerprint density at radius 3 is 2.52 bits per heavy atom. The van der Waals surface area contributed by atoms with Crippen LogP contribution in [0.1, 0.15) is 49.7 Å². The summed E-state index contributed by atoms with van der Waals surface area (Å²) in [6.45, 7) is 2.04. The van der Waals surface area contributed by atoms with Crippen LogP contribution in [0.4, 0.5) is 5.82 Å². The molecule has 3 aromatic rings. The average Bonchev–Trinajstić information content (AvgIpc) is 3.15. The average molecular weight is 412 g/mol. The van der Waals surface area contributed by atoms with E-state index >= 15 is 0 Å². The molecule has 1 N–H and O–H groups in total. The molecule has 2 aromatic heterocycles. The molecule has 4 saturated carbocycles. The number of hydrogen-bond acceptors (Lipinski definition) is 4. The van der Waals surface area contributed by atoms with Crippen LogP contribution >= 0.6 is 0 Å². The SMILES string of the molecule is Cc1cc(-n2ncc(C#N)c2NC(=O)C23CC4CC(CC(C4)C2)C3)nc2ccccc12. The van der Waals surface area contributed by atoms with E-state index in [0.29, 0.717) is 35.0 Å². The van der Waals surface area contributed by atoms with Gasteiger partial charge in [0.05, 0.1) is 17.1 Å². The Kier molecular flexibility index (Phi) is 3.98. The zero-order chi connectivity index (χ0) is 21.2. The second-order valence-corrected chi connectivity index (χ2v) is 9.90. The highest BCUT2D eigenvalue weighted by atomic mass is 16.2. The van der Waals surface area contributed by atoms with Gasteiger partial charge in [0.2, 0.25) is 5.91 Å². The number of aromatic nitrogens is 3. The van der Waals surface area contributed by atoms with Crippen molar-refractivity contribution >= 4 is 22.6 Å². The van der Waals surface area contributed by atoms with Crippen LogP contribution in [0.2, 0.25) is 0 Å². The minimum absolute atomic E-state index is 0.0577. The normalized spacial score (nSPS) is 28.6. The van der Waals surface area contributed by atoms with E-state index in [1.807, 2.05) is 37.3 Å². The van der Waals surface area contributed by atoms with Crippen LogP contribution in [0.3, 0.4) is 0 Å². The van der Waals surface area contributed by atoms with Crippen molar-refractivity contribution in [3.63, 3.8) is 0 Å². The third kappa shape index (κ3) is 2.87. The van der Waals surface area contributed by atoms with Gasteiger partial charge >= 0.3 is 0 Å². The largest absolute Gasteiger partial charge is 0.309 e. The van der Waals surface area contributed by atoms with E-state index in [1.165, 1.54) is 25.5 Å². The Bertz CT molecular complexity index is 1220. The molecule has 7 rings (SSSR count). The molecule has 1 aromatic carbocycles. The van der Waals surface area contributed by atoms with Gasteiger partial charge in [-0.1, -0.05) is 18.2 Å². The van der Waals surface area contributed by atoms with E-state index in [0.717, 1.165) is 35.7 Å². The number of hydrogen-bond donors (Lipinski definition) is 1. The van der Waals surface area contributed by atoms with Gasteiger partial charge < -0.3 is 5.32 Å². The fourth-order valence-electron chi connectivity index (χ4n) is 6.79. The van der Waals surface area contributed by atoms with Crippen LogP contribution in [0.5, 0.6) is 0 Å². The predicted molar refractivity (Wildman–Crippen MR) is 118 cm³/mol. The minimum atomic E-state index is -0.288. The maximum Gasteiger partial charge on any atom is 0.231 e. The first-order valence-electron chi connectivity index (χ1n) is 11.2. The van der Waals surface area contributed by atoms with Crippen molar-refractivity contribution in [1.29, 1.82) is 5.26 Å². The Morgan fingerprint density at radius 2 is 1.84 bits per heavy atom. The smallest absolute Gasteiger partial charge is 0.231 e. The molecule has 0 unspecified atom stereocenters. The highest BCUT2D eigenvalue weighted by Crippen LogP contribution is 2.60. The van der Waals surface area contributed by atoms with Crippen molar-refractivity contribution in [2.24, 2.45) is 23.2 Å². The number of nitrogens with zero attached hydrogens (tertiary/aromatic N) is 4. The summed E-state index contributed by atoms with van der Waals surface area (Å²) in [5, 5.41) is 18.3. The fraction of sp³-hybridized carbons (Fsp3) is 0.440. The first kappa shape index (κ1) is 18.6. The van der Waals surface area contributed by atoms with Crippen molar-refractivity contribution < 1.29 is 4.79 Å². The number of para-hydroxylation sites is 1. The van der Waals surface area contributed by atoms with Crippen molar-refractivity contribution in [3.8, 4) is 11.9 Å². The van der Waals surface area contributed by atoms with Crippen LogP contribution in [-0.2, 0) is 4.79 Å². The summed E-state index contributed by atoms with van der Waals surface area (Å²) >= 11 is 0. The highest BCUT2D eigenvalue weighted by Gasteiger charge is 2.54. The van der Waals surface area contributed by atoms with E-state index in [1.54, 1.807) is 4.68 Å². The number of benzene rings is 1. The molecular formula is C25H25N5O. The van der Waals surface area contributed by atoms with Gasteiger partial charge in [-0.15, -0.1) is 0 Å². The molecule has 156 valence electrons. The molecule has 6 nitrogen and oxygen atoms in total.